The van der Waals surface area contributed by atoms with Gasteiger partial charge >= 0.3 is 0 Å². The van der Waals surface area contributed by atoms with Gasteiger partial charge in [0.2, 0.25) is 0 Å². The van der Waals surface area contributed by atoms with Crippen LogP contribution >= 0.6 is 34.5 Å². The predicted octanol–water partition coefficient (Wildman–Crippen LogP) is 4.77. The Morgan fingerprint density at radius 3 is 2.62 bits per heavy atom. The molecule has 1 rings (SSSR count). The number of halogens is 2. The zero-order valence-electron chi connectivity index (χ0n) is 9.69. The minimum Gasteiger partial charge on any atom is -0.317 e. The van der Waals surface area contributed by atoms with Crippen molar-refractivity contribution in [2.75, 3.05) is 13.1 Å². The van der Waals surface area contributed by atoms with Crippen molar-refractivity contribution in [2.24, 2.45) is 0 Å². The number of aryl methyl sites for hydroxylation is 1. The van der Waals surface area contributed by atoms with Gasteiger partial charge in [0.1, 0.15) is 0 Å². The standard InChI is InChI=1S/C12H19Cl2NS/c1-2-7-15-8-5-3-4-6-10-9-11(13)16-12(10)14/h9,15H,2-8H2,1H3. The average molecular weight is 280 g/mol. The third-order valence-corrected chi connectivity index (χ3v) is 4.02. The lowest BCUT2D eigenvalue weighted by atomic mass is 10.1. The molecule has 1 aromatic heterocycles. The van der Waals surface area contributed by atoms with Gasteiger partial charge in [-0.2, -0.15) is 0 Å². The van der Waals surface area contributed by atoms with Crippen LogP contribution in [0.25, 0.3) is 0 Å². The van der Waals surface area contributed by atoms with Gasteiger partial charge in [-0.05, 0) is 50.4 Å². The summed E-state index contributed by atoms with van der Waals surface area (Å²) in [6.45, 7) is 4.45. The molecule has 0 radical (unpaired) electrons. The maximum atomic E-state index is 6.05. The number of hydrogen-bond donors (Lipinski definition) is 1. The fourth-order valence-electron chi connectivity index (χ4n) is 1.59. The first kappa shape index (κ1) is 14.3. The molecule has 1 N–H and O–H groups in total. The van der Waals surface area contributed by atoms with Crippen molar-refractivity contribution in [3.63, 3.8) is 0 Å². The van der Waals surface area contributed by atoms with E-state index in [0.29, 0.717) is 0 Å². The normalized spacial score (nSPS) is 10.9. The molecule has 0 saturated heterocycles. The largest absolute Gasteiger partial charge is 0.317 e. The van der Waals surface area contributed by atoms with E-state index in [1.165, 1.54) is 42.6 Å². The van der Waals surface area contributed by atoms with Gasteiger partial charge in [-0.15, -0.1) is 11.3 Å². The molecular weight excluding hydrogens is 261 g/mol. The molecule has 0 bridgehead atoms. The molecule has 0 atom stereocenters. The minimum absolute atomic E-state index is 0.796. The monoisotopic (exact) mass is 279 g/mol. The van der Waals surface area contributed by atoms with Gasteiger partial charge < -0.3 is 5.32 Å². The van der Waals surface area contributed by atoms with Gasteiger partial charge in [0, 0.05) is 0 Å². The zero-order chi connectivity index (χ0) is 11.8. The van der Waals surface area contributed by atoms with Crippen molar-refractivity contribution in [3.8, 4) is 0 Å². The van der Waals surface area contributed by atoms with Crippen molar-refractivity contribution in [1.29, 1.82) is 0 Å². The van der Waals surface area contributed by atoms with Crippen LogP contribution < -0.4 is 5.32 Å². The summed E-state index contributed by atoms with van der Waals surface area (Å²) in [5.41, 5.74) is 1.21. The number of unbranched alkanes of at least 4 members (excludes halogenated alkanes) is 2. The molecule has 0 spiro atoms. The minimum atomic E-state index is 0.796. The molecule has 1 aromatic rings. The summed E-state index contributed by atoms with van der Waals surface area (Å²) in [6, 6.07) is 1.99. The first-order valence-electron chi connectivity index (χ1n) is 5.88. The summed E-state index contributed by atoms with van der Waals surface area (Å²) >= 11 is 13.4. The summed E-state index contributed by atoms with van der Waals surface area (Å²) in [5, 5.41) is 3.40. The van der Waals surface area contributed by atoms with E-state index < -0.39 is 0 Å². The summed E-state index contributed by atoms with van der Waals surface area (Å²) < 4.78 is 1.65. The highest BCUT2D eigenvalue weighted by atomic mass is 35.5. The Hall–Kier alpha value is 0.240. The van der Waals surface area contributed by atoms with Gasteiger partial charge in [0.15, 0.2) is 0 Å². The number of thiophene rings is 1. The van der Waals surface area contributed by atoms with Gasteiger partial charge in [-0.1, -0.05) is 36.5 Å². The molecule has 0 saturated carbocycles. The lowest BCUT2D eigenvalue weighted by Gasteiger charge is -2.02. The van der Waals surface area contributed by atoms with Gasteiger partial charge in [0.05, 0.1) is 8.67 Å². The van der Waals surface area contributed by atoms with Crippen LogP contribution in [0.4, 0.5) is 0 Å². The van der Waals surface area contributed by atoms with Crippen molar-refractivity contribution in [1.82, 2.24) is 5.32 Å². The van der Waals surface area contributed by atoms with Crippen LogP contribution in [0.15, 0.2) is 6.07 Å². The van der Waals surface area contributed by atoms with Gasteiger partial charge in [-0.25, -0.2) is 0 Å². The molecule has 0 fully saturated rings. The van der Waals surface area contributed by atoms with E-state index in [0.717, 1.165) is 28.2 Å². The van der Waals surface area contributed by atoms with E-state index in [4.69, 9.17) is 23.2 Å². The lowest BCUT2D eigenvalue weighted by molar-refractivity contribution is 0.599. The van der Waals surface area contributed by atoms with E-state index in [9.17, 15) is 0 Å². The van der Waals surface area contributed by atoms with Crippen molar-refractivity contribution in [3.05, 3.63) is 20.3 Å². The van der Waals surface area contributed by atoms with E-state index in [1.807, 2.05) is 6.07 Å². The molecule has 92 valence electrons. The quantitative estimate of drug-likeness (QED) is 0.676. The molecule has 4 heteroatoms. The fourth-order valence-corrected chi connectivity index (χ4v) is 3.13. The highest BCUT2D eigenvalue weighted by molar-refractivity contribution is 7.20. The Morgan fingerprint density at radius 2 is 2.00 bits per heavy atom. The zero-order valence-corrected chi connectivity index (χ0v) is 12.0. The molecule has 0 aliphatic rings. The maximum absolute atomic E-state index is 6.05. The van der Waals surface area contributed by atoms with E-state index >= 15 is 0 Å². The van der Waals surface area contributed by atoms with Crippen LogP contribution in [-0.2, 0) is 6.42 Å². The second kappa shape index (κ2) is 8.35. The van der Waals surface area contributed by atoms with Crippen LogP contribution in [0.5, 0.6) is 0 Å². The van der Waals surface area contributed by atoms with Crippen LogP contribution in [0.1, 0.15) is 38.2 Å². The van der Waals surface area contributed by atoms with Crippen molar-refractivity contribution >= 4 is 34.5 Å². The fraction of sp³-hybridized carbons (Fsp3) is 0.667. The number of nitrogens with one attached hydrogen (secondary N) is 1. The van der Waals surface area contributed by atoms with Crippen LogP contribution in [0.2, 0.25) is 8.67 Å². The first-order valence-corrected chi connectivity index (χ1v) is 7.45. The molecule has 1 nitrogen and oxygen atoms in total. The predicted molar refractivity (Wildman–Crippen MR) is 75.1 cm³/mol. The Balaban J connectivity index is 2.05. The third kappa shape index (κ3) is 5.53. The summed E-state index contributed by atoms with van der Waals surface area (Å²) in [7, 11) is 0. The molecule has 0 unspecified atom stereocenters. The highest BCUT2D eigenvalue weighted by Gasteiger charge is 2.04. The molecule has 0 aliphatic heterocycles. The molecule has 0 amide bonds. The highest BCUT2D eigenvalue weighted by Crippen LogP contribution is 2.32. The summed E-state index contributed by atoms with van der Waals surface area (Å²) in [6.07, 6.45) is 5.95. The second-order valence-corrected chi connectivity index (χ2v) is 6.20. The average Bonchev–Trinajstić information content (AvgIpc) is 2.56. The second-order valence-electron chi connectivity index (χ2n) is 3.91. The van der Waals surface area contributed by atoms with Crippen molar-refractivity contribution in [2.45, 2.75) is 39.0 Å². The Labute approximate surface area is 112 Å². The van der Waals surface area contributed by atoms with E-state index in [1.54, 1.807) is 0 Å². The van der Waals surface area contributed by atoms with E-state index in [-0.39, 0.29) is 0 Å². The van der Waals surface area contributed by atoms with Gasteiger partial charge in [0.25, 0.3) is 0 Å². The summed E-state index contributed by atoms with van der Waals surface area (Å²) in [5.74, 6) is 0. The van der Waals surface area contributed by atoms with Crippen LogP contribution in [0.3, 0.4) is 0 Å². The van der Waals surface area contributed by atoms with Crippen LogP contribution in [0, 0.1) is 0 Å². The SMILES string of the molecule is CCCNCCCCCc1cc(Cl)sc1Cl. The molecule has 0 aliphatic carbocycles. The number of hydrogen-bond acceptors (Lipinski definition) is 2. The molecule has 0 aromatic carbocycles. The smallest absolute Gasteiger partial charge is 0.0976 e. The molecule has 16 heavy (non-hydrogen) atoms. The number of rotatable bonds is 8. The lowest BCUT2D eigenvalue weighted by Crippen LogP contribution is -2.15. The topological polar surface area (TPSA) is 12.0 Å². The van der Waals surface area contributed by atoms with Gasteiger partial charge in [-0.3, -0.25) is 0 Å². The Kier molecular flexibility index (Phi) is 7.46. The maximum Gasteiger partial charge on any atom is 0.0976 e. The molecular formula is C12H19Cl2NS. The molecule has 1 heterocycles. The first-order chi connectivity index (χ1) is 7.74. The summed E-state index contributed by atoms with van der Waals surface area (Å²) in [4.78, 5) is 0. The third-order valence-electron chi connectivity index (χ3n) is 2.45. The van der Waals surface area contributed by atoms with Crippen molar-refractivity contribution < 1.29 is 0 Å². The van der Waals surface area contributed by atoms with E-state index in [2.05, 4.69) is 12.2 Å². The Morgan fingerprint density at radius 1 is 1.19 bits per heavy atom. The van der Waals surface area contributed by atoms with Crippen LogP contribution in [-0.4, -0.2) is 13.1 Å². The Bertz CT molecular complexity index is 299.